The molecule has 29 heavy (non-hydrogen) atoms. The fourth-order valence-corrected chi connectivity index (χ4v) is 8.68. The van der Waals surface area contributed by atoms with Crippen molar-refractivity contribution in [2.45, 2.75) is 96.9 Å². The van der Waals surface area contributed by atoms with Crippen molar-refractivity contribution in [1.29, 1.82) is 0 Å². The topological polar surface area (TPSA) is 98.0 Å². The number of fused-ring (bicyclic) bond motifs is 5. The SMILES string of the molecule is C[C@H](CCC(=O)O)[C@H]1CC[C@H]2[C@@H]3[C@H](O)C[C@@H]4C[C@H](O)CC[C@]4(C)[C@H]3CC(O)[C@]12C. The molecule has 4 aliphatic rings. The van der Waals surface area contributed by atoms with Gasteiger partial charge in [-0.15, -0.1) is 0 Å². The summed E-state index contributed by atoms with van der Waals surface area (Å²) in [5, 5.41) is 42.0. The molecule has 0 saturated heterocycles. The number of aliphatic hydroxyl groups excluding tert-OH is 3. The van der Waals surface area contributed by atoms with Crippen molar-refractivity contribution in [3.8, 4) is 0 Å². The van der Waals surface area contributed by atoms with E-state index in [-0.39, 0.29) is 41.3 Å². The maximum Gasteiger partial charge on any atom is 0.303 e. The number of carboxylic acid groups (broad SMARTS) is 1. The van der Waals surface area contributed by atoms with E-state index in [2.05, 4.69) is 20.8 Å². The highest BCUT2D eigenvalue weighted by molar-refractivity contribution is 5.66. The molecule has 0 aromatic heterocycles. The molecule has 11 atom stereocenters. The van der Waals surface area contributed by atoms with Crippen molar-refractivity contribution in [2.24, 2.45) is 46.3 Å². The van der Waals surface area contributed by atoms with Crippen LogP contribution in [-0.2, 0) is 4.79 Å². The van der Waals surface area contributed by atoms with Gasteiger partial charge in [-0.2, -0.15) is 0 Å². The molecular weight excluding hydrogens is 368 g/mol. The molecule has 0 amide bonds. The van der Waals surface area contributed by atoms with Crippen LogP contribution in [0.1, 0.15) is 78.6 Å². The molecule has 5 heteroatoms. The summed E-state index contributed by atoms with van der Waals surface area (Å²) in [6, 6.07) is 0. The lowest BCUT2D eigenvalue weighted by Gasteiger charge is -2.63. The quantitative estimate of drug-likeness (QED) is 0.571. The summed E-state index contributed by atoms with van der Waals surface area (Å²) in [5.41, 5.74) is -0.143. The molecule has 4 aliphatic carbocycles. The highest BCUT2D eigenvalue weighted by Gasteiger charge is 2.65. The third kappa shape index (κ3) is 3.27. The van der Waals surface area contributed by atoms with Crippen molar-refractivity contribution < 1.29 is 25.2 Å². The van der Waals surface area contributed by atoms with Gasteiger partial charge in [0.1, 0.15) is 0 Å². The molecule has 166 valence electrons. The van der Waals surface area contributed by atoms with Gasteiger partial charge in [-0.1, -0.05) is 20.8 Å². The van der Waals surface area contributed by atoms with Crippen molar-refractivity contribution in [3.63, 3.8) is 0 Å². The van der Waals surface area contributed by atoms with Gasteiger partial charge < -0.3 is 20.4 Å². The average molecular weight is 409 g/mol. The Hall–Kier alpha value is -0.650. The second kappa shape index (κ2) is 7.49. The summed E-state index contributed by atoms with van der Waals surface area (Å²) >= 11 is 0. The summed E-state index contributed by atoms with van der Waals surface area (Å²) in [5.74, 6) is 0.997. The first kappa shape index (κ1) is 21.6. The lowest BCUT2D eigenvalue weighted by atomic mass is 9.43. The number of rotatable bonds is 4. The summed E-state index contributed by atoms with van der Waals surface area (Å²) in [4.78, 5) is 11.1. The molecule has 4 fully saturated rings. The van der Waals surface area contributed by atoms with Crippen molar-refractivity contribution in [3.05, 3.63) is 0 Å². The number of aliphatic hydroxyl groups is 3. The van der Waals surface area contributed by atoms with E-state index in [1.807, 2.05) is 0 Å². The van der Waals surface area contributed by atoms with Gasteiger partial charge in [0.25, 0.3) is 0 Å². The summed E-state index contributed by atoms with van der Waals surface area (Å²) in [7, 11) is 0. The van der Waals surface area contributed by atoms with Crippen LogP contribution >= 0.6 is 0 Å². The number of hydrogen-bond donors (Lipinski definition) is 4. The van der Waals surface area contributed by atoms with E-state index < -0.39 is 12.1 Å². The first-order valence-corrected chi connectivity index (χ1v) is 11.8. The Labute approximate surface area is 174 Å². The lowest BCUT2D eigenvalue weighted by Crippen LogP contribution is -2.62. The first-order valence-electron chi connectivity index (χ1n) is 11.8. The Kier molecular flexibility index (Phi) is 5.57. The molecule has 0 aromatic carbocycles. The molecule has 4 N–H and O–H groups in total. The van der Waals surface area contributed by atoms with E-state index in [4.69, 9.17) is 5.11 Å². The molecule has 0 aliphatic heterocycles. The van der Waals surface area contributed by atoms with Crippen LogP contribution in [0.25, 0.3) is 0 Å². The van der Waals surface area contributed by atoms with E-state index in [1.165, 1.54) is 0 Å². The zero-order valence-electron chi connectivity index (χ0n) is 18.3. The Bertz CT molecular complexity index is 637. The fraction of sp³-hybridized carbons (Fsp3) is 0.958. The third-order valence-electron chi connectivity index (χ3n) is 10.3. The maximum atomic E-state index is 11.5. The molecule has 4 rings (SSSR count). The van der Waals surface area contributed by atoms with Gasteiger partial charge in [0.2, 0.25) is 0 Å². The Morgan fingerprint density at radius 3 is 2.45 bits per heavy atom. The zero-order valence-corrected chi connectivity index (χ0v) is 18.3. The van der Waals surface area contributed by atoms with Crippen LogP contribution in [0.4, 0.5) is 0 Å². The lowest BCUT2D eigenvalue weighted by molar-refractivity contribution is -0.207. The molecule has 0 bridgehead atoms. The molecule has 0 radical (unpaired) electrons. The molecule has 5 nitrogen and oxygen atoms in total. The van der Waals surface area contributed by atoms with Gasteiger partial charge >= 0.3 is 5.97 Å². The average Bonchev–Trinajstić information content (AvgIpc) is 3.01. The number of aliphatic carboxylic acids is 1. The summed E-state index contributed by atoms with van der Waals surface area (Å²) < 4.78 is 0. The van der Waals surface area contributed by atoms with Crippen LogP contribution in [0.5, 0.6) is 0 Å². The molecule has 4 saturated carbocycles. The second-order valence-electron chi connectivity index (χ2n) is 11.4. The van der Waals surface area contributed by atoms with Gasteiger partial charge in [-0.25, -0.2) is 0 Å². The van der Waals surface area contributed by atoms with Crippen LogP contribution in [-0.4, -0.2) is 44.7 Å². The Morgan fingerprint density at radius 2 is 1.76 bits per heavy atom. The van der Waals surface area contributed by atoms with Crippen LogP contribution < -0.4 is 0 Å². The minimum Gasteiger partial charge on any atom is -0.481 e. The molecule has 0 heterocycles. The predicted octanol–water partition coefficient (Wildman–Crippen LogP) is 3.45. The zero-order chi connectivity index (χ0) is 21.1. The predicted molar refractivity (Wildman–Crippen MR) is 110 cm³/mol. The van der Waals surface area contributed by atoms with E-state index in [9.17, 15) is 20.1 Å². The Morgan fingerprint density at radius 1 is 1.03 bits per heavy atom. The monoisotopic (exact) mass is 408 g/mol. The number of carbonyl (C=O) groups is 1. The molecular formula is C24H40O5. The maximum absolute atomic E-state index is 11.5. The van der Waals surface area contributed by atoms with E-state index in [0.29, 0.717) is 30.1 Å². The van der Waals surface area contributed by atoms with Gasteiger partial charge in [0, 0.05) is 6.42 Å². The van der Waals surface area contributed by atoms with Gasteiger partial charge in [-0.3, -0.25) is 4.79 Å². The van der Waals surface area contributed by atoms with E-state index in [1.54, 1.807) is 0 Å². The molecule has 0 aromatic rings. The van der Waals surface area contributed by atoms with Gasteiger partial charge in [0.05, 0.1) is 18.3 Å². The van der Waals surface area contributed by atoms with Crippen LogP contribution in [0.15, 0.2) is 0 Å². The van der Waals surface area contributed by atoms with Gasteiger partial charge in [0.15, 0.2) is 0 Å². The van der Waals surface area contributed by atoms with Crippen molar-refractivity contribution in [1.82, 2.24) is 0 Å². The standard InChI is InChI=1S/C24H40O5/c1-13(4-7-21(28)29)16-5-6-17-22-18(12-20(27)24(16,17)3)23(2)9-8-15(25)10-14(23)11-19(22)26/h13-20,22,25-27H,4-12H2,1-3H3,(H,28,29)/t13-,14+,15-,16-,17+,18+,19-,20?,22+,23+,24-/m1/s1. The number of carboxylic acids is 1. The van der Waals surface area contributed by atoms with Crippen LogP contribution in [0, 0.1) is 46.3 Å². The van der Waals surface area contributed by atoms with Crippen LogP contribution in [0.3, 0.4) is 0 Å². The minimum atomic E-state index is -0.748. The molecule has 0 spiro atoms. The summed E-state index contributed by atoms with van der Waals surface area (Å²) in [6.07, 6.45) is 6.00. The second-order valence-corrected chi connectivity index (χ2v) is 11.4. The van der Waals surface area contributed by atoms with Crippen molar-refractivity contribution in [2.75, 3.05) is 0 Å². The fourth-order valence-electron chi connectivity index (χ4n) is 8.68. The smallest absolute Gasteiger partial charge is 0.303 e. The Balaban J connectivity index is 1.61. The normalized spacial score (nSPS) is 52.9. The van der Waals surface area contributed by atoms with E-state index in [0.717, 1.165) is 44.9 Å². The van der Waals surface area contributed by atoms with Crippen molar-refractivity contribution >= 4 is 5.97 Å². The number of hydrogen-bond acceptors (Lipinski definition) is 4. The largest absolute Gasteiger partial charge is 0.481 e. The highest BCUT2D eigenvalue weighted by Crippen LogP contribution is 2.68. The highest BCUT2D eigenvalue weighted by atomic mass is 16.4. The third-order valence-corrected chi connectivity index (χ3v) is 10.3. The van der Waals surface area contributed by atoms with Crippen LogP contribution in [0.2, 0.25) is 0 Å². The van der Waals surface area contributed by atoms with Gasteiger partial charge in [-0.05, 0) is 97.7 Å². The summed E-state index contributed by atoms with van der Waals surface area (Å²) in [6.45, 7) is 6.72. The minimum absolute atomic E-state index is 0.0957. The molecule has 1 unspecified atom stereocenters. The first-order chi connectivity index (χ1) is 13.6. The van der Waals surface area contributed by atoms with E-state index >= 15 is 0 Å².